The smallest absolute Gasteiger partial charge is 0.340 e. The molecule has 1 fully saturated rings. The predicted octanol–water partition coefficient (Wildman–Crippen LogP) is 1.04. The average molecular weight is 378 g/mol. The number of nitrogens with zero attached hydrogens (tertiary/aromatic N) is 3. The molecule has 1 aromatic heterocycles. The molecule has 1 aromatic rings. The van der Waals surface area contributed by atoms with Crippen molar-refractivity contribution in [1.82, 2.24) is 19.7 Å². The van der Waals surface area contributed by atoms with Crippen LogP contribution in [-0.2, 0) is 9.53 Å². The number of ether oxygens (including phenoxy) is 1. The summed E-state index contributed by atoms with van der Waals surface area (Å²) >= 11 is 0. The molecule has 0 bridgehead atoms. The van der Waals surface area contributed by atoms with Crippen LogP contribution >= 0.6 is 0 Å². The maximum absolute atomic E-state index is 12.8. The van der Waals surface area contributed by atoms with E-state index >= 15 is 0 Å². The van der Waals surface area contributed by atoms with Crippen LogP contribution in [0.5, 0.6) is 0 Å². The third-order valence-corrected chi connectivity index (χ3v) is 4.77. The second kappa shape index (κ2) is 8.56. The number of rotatable bonds is 5. The molecule has 1 N–H and O–H groups in total. The predicted molar refractivity (Wildman–Crippen MR) is 102 cm³/mol. The molecule has 27 heavy (non-hydrogen) atoms. The Balaban J connectivity index is 2.08. The molecular formula is C19H30N4O4. The van der Waals surface area contributed by atoms with Gasteiger partial charge in [-0.1, -0.05) is 0 Å². The molecule has 2 rings (SSSR count). The summed E-state index contributed by atoms with van der Waals surface area (Å²) in [6, 6.07) is 0. The van der Waals surface area contributed by atoms with E-state index in [1.807, 2.05) is 7.05 Å². The molecule has 0 unspecified atom stereocenters. The lowest BCUT2D eigenvalue weighted by atomic mass is 10.1. The molecule has 1 saturated heterocycles. The van der Waals surface area contributed by atoms with Crippen molar-refractivity contribution in [3.05, 3.63) is 22.5 Å². The molecule has 0 atom stereocenters. The van der Waals surface area contributed by atoms with Gasteiger partial charge in [0.25, 0.3) is 5.91 Å². The van der Waals surface area contributed by atoms with Crippen molar-refractivity contribution in [3.63, 3.8) is 0 Å². The van der Waals surface area contributed by atoms with E-state index in [2.05, 4.69) is 9.88 Å². The van der Waals surface area contributed by atoms with Gasteiger partial charge in [-0.15, -0.1) is 0 Å². The second-order valence-electron chi connectivity index (χ2n) is 7.42. The molecule has 2 amide bonds. The highest BCUT2D eigenvalue weighted by molar-refractivity contribution is 6.01. The Morgan fingerprint density at radius 3 is 2.30 bits per heavy atom. The number of aromatic amines is 1. The SMILES string of the molecule is Cc1[nH]c(C(=O)N(C)CC(=O)N2CCN(C)CC2)c(C)c1C(=O)OC(C)C. The van der Waals surface area contributed by atoms with Gasteiger partial charge in [0.1, 0.15) is 5.69 Å². The minimum absolute atomic E-state index is 0.00578. The van der Waals surface area contributed by atoms with Gasteiger partial charge >= 0.3 is 5.97 Å². The number of amides is 2. The zero-order chi connectivity index (χ0) is 20.3. The summed E-state index contributed by atoms with van der Waals surface area (Å²) in [6.07, 6.45) is -0.241. The Morgan fingerprint density at radius 2 is 1.74 bits per heavy atom. The number of nitrogens with one attached hydrogen (secondary N) is 1. The van der Waals surface area contributed by atoms with Crippen LogP contribution in [0.15, 0.2) is 0 Å². The molecule has 0 aromatic carbocycles. The van der Waals surface area contributed by atoms with Crippen molar-refractivity contribution >= 4 is 17.8 Å². The normalized spacial score (nSPS) is 15.1. The first-order chi connectivity index (χ1) is 12.6. The Morgan fingerprint density at radius 1 is 1.15 bits per heavy atom. The van der Waals surface area contributed by atoms with Crippen molar-refractivity contribution in [3.8, 4) is 0 Å². The Hall–Kier alpha value is -2.35. The first-order valence-electron chi connectivity index (χ1n) is 9.23. The number of esters is 1. The highest BCUT2D eigenvalue weighted by Gasteiger charge is 2.27. The van der Waals surface area contributed by atoms with Gasteiger partial charge in [-0.3, -0.25) is 9.59 Å². The number of hydrogen-bond acceptors (Lipinski definition) is 5. The Labute approximate surface area is 160 Å². The van der Waals surface area contributed by atoms with Gasteiger partial charge in [0, 0.05) is 38.9 Å². The maximum atomic E-state index is 12.8. The van der Waals surface area contributed by atoms with Crippen LogP contribution in [0.3, 0.4) is 0 Å². The summed E-state index contributed by atoms with van der Waals surface area (Å²) in [6.45, 7) is 10.0. The molecule has 8 heteroatoms. The van der Waals surface area contributed by atoms with Crippen LogP contribution < -0.4 is 0 Å². The van der Waals surface area contributed by atoms with Crippen LogP contribution in [-0.4, -0.2) is 90.4 Å². The number of piperazine rings is 1. The van der Waals surface area contributed by atoms with Gasteiger partial charge in [-0.2, -0.15) is 0 Å². The van der Waals surface area contributed by atoms with Gasteiger partial charge in [0.05, 0.1) is 18.2 Å². The topological polar surface area (TPSA) is 86.0 Å². The molecule has 1 aliphatic heterocycles. The third kappa shape index (κ3) is 4.88. The van der Waals surface area contributed by atoms with Gasteiger partial charge in [0.15, 0.2) is 0 Å². The Kier molecular flexibility index (Phi) is 6.64. The average Bonchev–Trinajstić information content (AvgIpc) is 2.88. The molecule has 150 valence electrons. The number of aromatic nitrogens is 1. The minimum Gasteiger partial charge on any atom is -0.459 e. The van der Waals surface area contributed by atoms with E-state index < -0.39 is 5.97 Å². The molecule has 0 radical (unpaired) electrons. The third-order valence-electron chi connectivity index (χ3n) is 4.77. The standard InChI is InChI=1S/C19H30N4O4/c1-12(2)27-19(26)16-13(3)17(20-14(16)4)18(25)22(6)11-15(24)23-9-7-21(5)8-10-23/h12,20H,7-11H2,1-6H3. The quantitative estimate of drug-likeness (QED) is 0.774. The van der Waals surface area contributed by atoms with Gasteiger partial charge in [0.2, 0.25) is 5.91 Å². The van der Waals surface area contributed by atoms with E-state index in [0.29, 0.717) is 35.6 Å². The van der Waals surface area contributed by atoms with E-state index in [9.17, 15) is 14.4 Å². The minimum atomic E-state index is -0.452. The van der Waals surface area contributed by atoms with E-state index in [0.717, 1.165) is 13.1 Å². The lowest BCUT2D eigenvalue weighted by Gasteiger charge is -2.33. The largest absolute Gasteiger partial charge is 0.459 e. The molecule has 0 saturated carbocycles. The molecular weight excluding hydrogens is 348 g/mol. The maximum Gasteiger partial charge on any atom is 0.340 e. The fraction of sp³-hybridized carbons (Fsp3) is 0.632. The van der Waals surface area contributed by atoms with Crippen molar-refractivity contribution in [2.75, 3.05) is 46.8 Å². The van der Waals surface area contributed by atoms with E-state index in [1.54, 1.807) is 39.6 Å². The summed E-state index contributed by atoms with van der Waals surface area (Å²) < 4.78 is 5.26. The highest BCUT2D eigenvalue weighted by atomic mass is 16.5. The van der Waals surface area contributed by atoms with Crippen molar-refractivity contribution in [1.29, 1.82) is 0 Å². The molecule has 8 nitrogen and oxygen atoms in total. The van der Waals surface area contributed by atoms with Crippen molar-refractivity contribution in [2.45, 2.75) is 33.8 Å². The summed E-state index contributed by atoms with van der Waals surface area (Å²) in [5.74, 6) is -0.840. The molecule has 2 heterocycles. The van der Waals surface area contributed by atoms with E-state index in [1.165, 1.54) is 4.90 Å². The van der Waals surface area contributed by atoms with Crippen molar-refractivity contribution in [2.24, 2.45) is 0 Å². The van der Waals surface area contributed by atoms with Crippen LogP contribution in [0.4, 0.5) is 0 Å². The summed E-state index contributed by atoms with van der Waals surface area (Å²) in [4.78, 5) is 45.9. The first-order valence-corrected chi connectivity index (χ1v) is 9.23. The van der Waals surface area contributed by atoms with E-state index in [4.69, 9.17) is 4.74 Å². The monoisotopic (exact) mass is 378 g/mol. The number of carbonyl (C=O) groups excluding carboxylic acids is 3. The first kappa shape index (κ1) is 21.0. The van der Waals surface area contributed by atoms with Crippen LogP contribution in [0, 0.1) is 13.8 Å². The number of carbonyl (C=O) groups is 3. The summed E-state index contributed by atoms with van der Waals surface area (Å²) in [7, 11) is 3.62. The lowest BCUT2D eigenvalue weighted by molar-refractivity contribution is -0.133. The number of hydrogen-bond donors (Lipinski definition) is 1. The zero-order valence-electron chi connectivity index (χ0n) is 17.1. The van der Waals surface area contributed by atoms with Gasteiger partial charge in [-0.05, 0) is 40.3 Å². The van der Waals surface area contributed by atoms with Crippen molar-refractivity contribution < 1.29 is 19.1 Å². The van der Waals surface area contributed by atoms with Crippen LogP contribution in [0.2, 0.25) is 0 Å². The number of likely N-dealkylation sites (N-methyl/N-ethyl adjacent to an activating group) is 2. The van der Waals surface area contributed by atoms with Crippen LogP contribution in [0.25, 0.3) is 0 Å². The van der Waals surface area contributed by atoms with Gasteiger partial charge < -0.3 is 24.4 Å². The molecule has 0 spiro atoms. The lowest BCUT2D eigenvalue weighted by Crippen LogP contribution is -2.50. The summed E-state index contributed by atoms with van der Waals surface area (Å²) in [5, 5.41) is 0. The second-order valence-corrected chi connectivity index (χ2v) is 7.42. The molecule has 1 aliphatic rings. The molecule has 0 aliphatic carbocycles. The Bertz CT molecular complexity index is 718. The van der Waals surface area contributed by atoms with E-state index in [-0.39, 0.29) is 24.5 Å². The number of H-pyrrole nitrogens is 1. The fourth-order valence-corrected chi connectivity index (χ4v) is 3.16. The van der Waals surface area contributed by atoms with Gasteiger partial charge in [-0.25, -0.2) is 4.79 Å². The highest BCUT2D eigenvalue weighted by Crippen LogP contribution is 2.21. The number of aryl methyl sites for hydroxylation is 1. The fourth-order valence-electron chi connectivity index (χ4n) is 3.16. The summed E-state index contributed by atoms with van der Waals surface area (Å²) in [5.41, 5.74) is 1.82. The van der Waals surface area contributed by atoms with Crippen LogP contribution in [0.1, 0.15) is 46.0 Å². The zero-order valence-corrected chi connectivity index (χ0v) is 17.1.